The maximum absolute atomic E-state index is 4.53. The molecular formula is C14H16BrN3S2. The minimum atomic E-state index is 0.722. The van der Waals surface area contributed by atoms with E-state index in [1.165, 1.54) is 34.8 Å². The number of nitrogens with one attached hydrogen (secondary N) is 1. The van der Waals surface area contributed by atoms with Crippen LogP contribution < -0.4 is 5.32 Å². The van der Waals surface area contributed by atoms with Crippen LogP contribution in [-0.2, 0) is 13.0 Å². The molecule has 3 rings (SSSR count). The average Bonchev–Trinajstić information content (AvgIpc) is 3.17. The second kappa shape index (κ2) is 6.56. The molecule has 0 saturated heterocycles. The maximum atomic E-state index is 4.53. The fourth-order valence-electron chi connectivity index (χ4n) is 1.84. The molecule has 20 heavy (non-hydrogen) atoms. The van der Waals surface area contributed by atoms with Gasteiger partial charge in [-0.25, -0.2) is 4.98 Å². The number of halogens is 1. The molecular weight excluding hydrogens is 354 g/mol. The van der Waals surface area contributed by atoms with Crippen molar-refractivity contribution < 1.29 is 0 Å². The van der Waals surface area contributed by atoms with Crippen molar-refractivity contribution in [3.8, 4) is 0 Å². The van der Waals surface area contributed by atoms with Crippen LogP contribution in [-0.4, -0.2) is 15.4 Å². The minimum absolute atomic E-state index is 0.722. The van der Waals surface area contributed by atoms with Crippen LogP contribution in [0.15, 0.2) is 31.9 Å². The zero-order chi connectivity index (χ0) is 13.9. The highest BCUT2D eigenvalue weighted by atomic mass is 79.9. The van der Waals surface area contributed by atoms with E-state index in [0.29, 0.717) is 0 Å². The van der Waals surface area contributed by atoms with Crippen LogP contribution >= 0.6 is 39.2 Å². The van der Waals surface area contributed by atoms with Gasteiger partial charge in [0.05, 0.1) is 0 Å². The van der Waals surface area contributed by atoms with Gasteiger partial charge in [-0.15, -0.1) is 0 Å². The summed E-state index contributed by atoms with van der Waals surface area (Å²) in [6, 6.07) is 7.16. The number of rotatable bonds is 6. The van der Waals surface area contributed by atoms with E-state index < -0.39 is 0 Å². The summed E-state index contributed by atoms with van der Waals surface area (Å²) < 4.78 is 6.50. The summed E-state index contributed by atoms with van der Waals surface area (Å²) in [6.45, 7) is 3.01. The molecule has 0 bridgehead atoms. The van der Waals surface area contributed by atoms with Crippen LogP contribution in [0.5, 0.6) is 0 Å². The maximum Gasteiger partial charge on any atom is 0.174 e. The summed E-state index contributed by atoms with van der Waals surface area (Å²) in [6.07, 6.45) is 3.52. The number of aryl methyl sites for hydroxylation is 1. The molecule has 1 fully saturated rings. The topological polar surface area (TPSA) is 37.8 Å². The van der Waals surface area contributed by atoms with Gasteiger partial charge >= 0.3 is 0 Å². The van der Waals surface area contributed by atoms with E-state index in [4.69, 9.17) is 0 Å². The number of nitrogens with zero attached hydrogens (tertiary/aromatic N) is 2. The van der Waals surface area contributed by atoms with Gasteiger partial charge in [0.15, 0.2) is 4.34 Å². The van der Waals surface area contributed by atoms with Crippen molar-refractivity contribution in [3.63, 3.8) is 0 Å². The molecule has 0 aliphatic heterocycles. The van der Waals surface area contributed by atoms with Crippen molar-refractivity contribution in [1.29, 1.82) is 0 Å². The quantitative estimate of drug-likeness (QED) is 0.824. The fourth-order valence-corrected chi connectivity index (χ4v) is 4.02. The molecule has 2 aromatic rings. The van der Waals surface area contributed by atoms with E-state index in [9.17, 15) is 0 Å². The smallest absolute Gasteiger partial charge is 0.174 e. The number of hydrogen-bond donors (Lipinski definition) is 1. The van der Waals surface area contributed by atoms with E-state index in [1.54, 1.807) is 11.8 Å². The van der Waals surface area contributed by atoms with Crippen molar-refractivity contribution in [1.82, 2.24) is 14.7 Å². The highest BCUT2D eigenvalue weighted by Crippen LogP contribution is 2.33. The van der Waals surface area contributed by atoms with Gasteiger partial charge in [-0.3, -0.25) is 0 Å². The van der Waals surface area contributed by atoms with Gasteiger partial charge in [0.1, 0.15) is 5.82 Å². The largest absolute Gasteiger partial charge is 0.310 e. The molecule has 1 saturated carbocycles. The molecule has 1 aromatic heterocycles. The lowest BCUT2D eigenvalue weighted by Gasteiger charge is -2.09. The molecule has 0 spiro atoms. The molecule has 0 atom stereocenters. The predicted molar refractivity (Wildman–Crippen MR) is 87.4 cm³/mol. The molecule has 0 unspecified atom stereocenters. The number of hydrogen-bond acceptors (Lipinski definition) is 5. The van der Waals surface area contributed by atoms with Crippen molar-refractivity contribution in [2.24, 2.45) is 0 Å². The Morgan fingerprint density at radius 2 is 2.30 bits per heavy atom. The molecule has 6 heteroatoms. The van der Waals surface area contributed by atoms with Gasteiger partial charge in [0, 0.05) is 28.4 Å². The molecule has 1 N–H and O–H groups in total. The monoisotopic (exact) mass is 369 g/mol. The van der Waals surface area contributed by atoms with E-state index >= 15 is 0 Å². The van der Waals surface area contributed by atoms with Crippen molar-refractivity contribution in [3.05, 3.63) is 34.1 Å². The molecule has 0 amide bonds. The first kappa shape index (κ1) is 14.5. The Bertz CT molecular complexity index is 596. The van der Waals surface area contributed by atoms with Gasteiger partial charge < -0.3 is 5.32 Å². The Labute approximate surface area is 135 Å². The average molecular weight is 370 g/mol. The predicted octanol–water partition coefficient (Wildman–Crippen LogP) is 4.27. The van der Waals surface area contributed by atoms with Gasteiger partial charge in [0.25, 0.3) is 0 Å². The zero-order valence-corrected chi connectivity index (χ0v) is 14.4. The summed E-state index contributed by atoms with van der Waals surface area (Å²) in [7, 11) is 0. The Morgan fingerprint density at radius 3 is 3.00 bits per heavy atom. The normalized spacial score (nSPS) is 14.7. The van der Waals surface area contributed by atoms with Crippen molar-refractivity contribution in [2.45, 2.75) is 48.0 Å². The second-order valence-corrected chi connectivity index (χ2v) is 7.80. The molecule has 1 heterocycles. The molecule has 106 valence electrons. The Balaban J connectivity index is 1.75. The minimum Gasteiger partial charge on any atom is -0.310 e. The molecule has 1 aliphatic rings. The Kier molecular flexibility index (Phi) is 4.75. The van der Waals surface area contributed by atoms with Gasteiger partial charge in [-0.1, -0.05) is 34.6 Å². The lowest BCUT2D eigenvalue weighted by Crippen LogP contribution is -2.15. The molecule has 1 aromatic carbocycles. The molecule has 1 aliphatic carbocycles. The molecule has 3 nitrogen and oxygen atoms in total. The standard InChI is InChI=1S/C14H16BrN3S2/c1-2-13-17-14(20-18-13)19-12-6-3-10(15)7-9(12)8-16-11-4-5-11/h3,6-7,11,16H,2,4-5,8H2,1H3. The molecule has 0 radical (unpaired) electrons. The van der Waals surface area contributed by atoms with Crippen LogP contribution in [0.3, 0.4) is 0 Å². The van der Waals surface area contributed by atoms with Gasteiger partial charge in [0.2, 0.25) is 0 Å². The second-order valence-electron chi connectivity index (χ2n) is 4.84. The first-order valence-corrected chi connectivity index (χ1v) is 9.15. The summed E-state index contributed by atoms with van der Waals surface area (Å²) >= 11 is 6.76. The van der Waals surface area contributed by atoms with Crippen LogP contribution in [0.2, 0.25) is 0 Å². The zero-order valence-electron chi connectivity index (χ0n) is 11.2. The summed E-state index contributed by atoms with van der Waals surface area (Å²) in [5.74, 6) is 0.937. The van der Waals surface area contributed by atoms with Gasteiger partial charge in [-0.05, 0) is 48.1 Å². The Hall–Kier alpha value is -0.430. The summed E-state index contributed by atoms with van der Waals surface area (Å²) in [5.41, 5.74) is 1.32. The van der Waals surface area contributed by atoms with Crippen LogP contribution in [0.25, 0.3) is 0 Å². The van der Waals surface area contributed by atoms with Gasteiger partial charge in [-0.2, -0.15) is 4.37 Å². The SMILES string of the molecule is CCc1nsc(Sc2ccc(Br)cc2CNC2CC2)n1. The van der Waals surface area contributed by atoms with Crippen LogP contribution in [0.4, 0.5) is 0 Å². The van der Waals surface area contributed by atoms with Crippen LogP contribution in [0, 0.1) is 0 Å². The third-order valence-electron chi connectivity index (χ3n) is 3.14. The first-order valence-electron chi connectivity index (χ1n) is 6.77. The highest BCUT2D eigenvalue weighted by Gasteiger charge is 2.20. The number of benzene rings is 1. The van der Waals surface area contributed by atoms with Crippen molar-refractivity contribution in [2.75, 3.05) is 0 Å². The number of aromatic nitrogens is 2. The third kappa shape index (κ3) is 3.81. The highest BCUT2D eigenvalue weighted by molar-refractivity contribution is 9.10. The summed E-state index contributed by atoms with van der Waals surface area (Å²) in [5, 5.41) is 3.58. The lowest BCUT2D eigenvalue weighted by molar-refractivity contribution is 0.680. The third-order valence-corrected chi connectivity index (χ3v) is 5.54. The van der Waals surface area contributed by atoms with E-state index in [1.807, 2.05) is 0 Å². The van der Waals surface area contributed by atoms with E-state index in [-0.39, 0.29) is 0 Å². The summed E-state index contributed by atoms with van der Waals surface area (Å²) in [4.78, 5) is 5.80. The van der Waals surface area contributed by atoms with E-state index in [0.717, 1.165) is 33.6 Å². The fraction of sp³-hybridized carbons (Fsp3) is 0.429. The van der Waals surface area contributed by atoms with Crippen LogP contribution in [0.1, 0.15) is 31.2 Å². The first-order chi connectivity index (χ1) is 9.74. The van der Waals surface area contributed by atoms with E-state index in [2.05, 4.69) is 55.7 Å². The Morgan fingerprint density at radius 1 is 1.45 bits per heavy atom. The lowest BCUT2D eigenvalue weighted by atomic mass is 10.2. The van der Waals surface area contributed by atoms with Crippen molar-refractivity contribution >= 4 is 39.2 Å².